The van der Waals surface area contributed by atoms with Crippen molar-refractivity contribution in [2.75, 3.05) is 6.54 Å². The van der Waals surface area contributed by atoms with Gasteiger partial charge in [0, 0.05) is 6.54 Å². The molecule has 0 bridgehead atoms. The van der Waals surface area contributed by atoms with Gasteiger partial charge in [-0.25, -0.2) is 4.79 Å². The number of aliphatic hydroxyl groups is 1. The zero-order valence-corrected chi connectivity index (χ0v) is 20.3. The molecule has 0 spiro atoms. The van der Waals surface area contributed by atoms with Crippen LogP contribution in [0.25, 0.3) is 5.57 Å². The molecule has 0 aromatic heterocycles. The van der Waals surface area contributed by atoms with Gasteiger partial charge < -0.3 is 14.7 Å². The second-order valence-electron chi connectivity index (χ2n) is 9.74. The maximum absolute atomic E-state index is 13.0. The first-order valence-corrected chi connectivity index (χ1v) is 11.9. The molecule has 3 rings (SSSR count). The second kappa shape index (κ2) is 11.3. The molecule has 2 atom stereocenters. The fraction of sp³-hybridized carbons (Fsp3) is 0.414. The number of ether oxygens (including phenoxy) is 1. The number of benzene rings is 2. The zero-order valence-electron chi connectivity index (χ0n) is 20.3. The highest BCUT2D eigenvalue weighted by Crippen LogP contribution is 2.28. The average molecular weight is 448 g/mol. The van der Waals surface area contributed by atoms with E-state index in [1.807, 2.05) is 64.1 Å². The Hall–Kier alpha value is -2.85. The Morgan fingerprint density at radius 3 is 2.21 bits per heavy atom. The lowest BCUT2D eigenvalue weighted by atomic mass is 9.92. The molecule has 0 fully saturated rings. The molecule has 0 radical (unpaired) electrons. The molecule has 4 nitrogen and oxygen atoms in total. The molecule has 0 unspecified atom stereocenters. The third-order valence-electron chi connectivity index (χ3n) is 5.98. The Balaban J connectivity index is 1.61. The van der Waals surface area contributed by atoms with E-state index >= 15 is 0 Å². The third kappa shape index (κ3) is 7.33. The summed E-state index contributed by atoms with van der Waals surface area (Å²) in [5.74, 6) is 0. The number of carbonyl (C=O) groups is 1. The van der Waals surface area contributed by atoms with E-state index in [4.69, 9.17) is 4.74 Å². The van der Waals surface area contributed by atoms with Crippen molar-refractivity contribution in [3.8, 4) is 0 Å². The fourth-order valence-electron chi connectivity index (χ4n) is 4.12. The van der Waals surface area contributed by atoms with Crippen LogP contribution in [-0.4, -0.2) is 34.3 Å². The van der Waals surface area contributed by atoms with Gasteiger partial charge in [-0.05, 0) is 70.1 Å². The molecule has 1 N–H and O–H groups in total. The number of aliphatic hydroxyl groups excluding tert-OH is 1. The molecule has 0 aliphatic heterocycles. The largest absolute Gasteiger partial charge is 0.444 e. The van der Waals surface area contributed by atoms with E-state index in [-0.39, 0.29) is 6.09 Å². The van der Waals surface area contributed by atoms with Crippen LogP contribution in [-0.2, 0) is 4.74 Å². The van der Waals surface area contributed by atoms with Gasteiger partial charge in [-0.1, -0.05) is 78.4 Å². The lowest BCUT2D eigenvalue weighted by molar-refractivity contribution is -0.00299. The number of allylic oxidation sites excluding steroid dienone is 4. The molecule has 0 saturated carbocycles. The quantitative estimate of drug-likeness (QED) is 0.446. The van der Waals surface area contributed by atoms with Crippen LogP contribution in [0.2, 0.25) is 0 Å². The Bertz CT molecular complexity index is 957. The number of hydrogen-bond donors (Lipinski definition) is 1. The van der Waals surface area contributed by atoms with Crippen LogP contribution in [0.4, 0.5) is 4.79 Å². The summed E-state index contributed by atoms with van der Waals surface area (Å²) in [7, 11) is 0. The number of hydrogen-bond acceptors (Lipinski definition) is 3. The molecule has 1 aliphatic rings. The first-order valence-electron chi connectivity index (χ1n) is 11.9. The van der Waals surface area contributed by atoms with Gasteiger partial charge in [0.2, 0.25) is 0 Å². The first kappa shape index (κ1) is 24.8. The van der Waals surface area contributed by atoms with E-state index in [1.54, 1.807) is 4.90 Å². The topological polar surface area (TPSA) is 49.8 Å². The highest BCUT2D eigenvalue weighted by molar-refractivity contribution is 5.69. The van der Waals surface area contributed by atoms with E-state index in [9.17, 15) is 9.90 Å². The highest BCUT2D eigenvalue weighted by Gasteiger charge is 2.30. The molecular weight excluding hydrogens is 410 g/mol. The number of rotatable bonds is 8. The molecule has 2 aromatic carbocycles. The van der Waals surface area contributed by atoms with Gasteiger partial charge in [0.1, 0.15) is 5.60 Å². The fourth-order valence-corrected chi connectivity index (χ4v) is 4.12. The van der Waals surface area contributed by atoms with Gasteiger partial charge >= 0.3 is 6.09 Å². The lowest BCUT2D eigenvalue weighted by Crippen LogP contribution is -2.45. The molecule has 176 valence electrons. The van der Waals surface area contributed by atoms with Crippen molar-refractivity contribution in [1.82, 2.24) is 4.90 Å². The van der Waals surface area contributed by atoms with Crippen LogP contribution < -0.4 is 0 Å². The molecule has 0 saturated heterocycles. The van der Waals surface area contributed by atoms with Crippen LogP contribution in [0.15, 0.2) is 78.4 Å². The summed E-state index contributed by atoms with van der Waals surface area (Å²) in [6, 6.07) is 19.6. The third-order valence-corrected chi connectivity index (χ3v) is 5.98. The van der Waals surface area contributed by atoms with Crippen molar-refractivity contribution < 1.29 is 14.6 Å². The smallest absolute Gasteiger partial charge is 0.410 e. The van der Waals surface area contributed by atoms with Crippen molar-refractivity contribution in [3.05, 3.63) is 89.5 Å². The maximum atomic E-state index is 13.0. The predicted octanol–water partition coefficient (Wildman–Crippen LogP) is 6.93. The summed E-state index contributed by atoms with van der Waals surface area (Å²) < 4.78 is 5.66. The molecular formula is C29H37NO3. The van der Waals surface area contributed by atoms with Gasteiger partial charge in [-0.3, -0.25) is 0 Å². The van der Waals surface area contributed by atoms with Gasteiger partial charge in [-0.15, -0.1) is 0 Å². The molecule has 33 heavy (non-hydrogen) atoms. The monoisotopic (exact) mass is 447 g/mol. The van der Waals surface area contributed by atoms with Crippen molar-refractivity contribution in [2.24, 2.45) is 0 Å². The summed E-state index contributed by atoms with van der Waals surface area (Å²) in [5, 5.41) is 10.9. The average Bonchev–Trinajstić information content (AvgIpc) is 2.81. The molecule has 2 aromatic rings. The molecule has 1 aliphatic carbocycles. The first-order chi connectivity index (χ1) is 15.7. The second-order valence-corrected chi connectivity index (χ2v) is 9.74. The summed E-state index contributed by atoms with van der Waals surface area (Å²) in [5.41, 5.74) is 4.27. The minimum atomic E-state index is -0.774. The van der Waals surface area contributed by atoms with Crippen molar-refractivity contribution in [2.45, 2.75) is 71.1 Å². The van der Waals surface area contributed by atoms with Crippen molar-refractivity contribution in [3.63, 3.8) is 0 Å². The van der Waals surface area contributed by atoms with Gasteiger partial charge in [-0.2, -0.15) is 0 Å². The normalized spacial score (nSPS) is 15.8. The van der Waals surface area contributed by atoms with Gasteiger partial charge in [0.15, 0.2) is 0 Å². The summed E-state index contributed by atoms with van der Waals surface area (Å²) >= 11 is 0. The van der Waals surface area contributed by atoms with E-state index in [0.717, 1.165) is 31.2 Å². The van der Waals surface area contributed by atoms with E-state index < -0.39 is 17.7 Å². The van der Waals surface area contributed by atoms with E-state index in [2.05, 4.69) is 36.4 Å². The van der Waals surface area contributed by atoms with Gasteiger partial charge in [0.05, 0.1) is 12.1 Å². The minimum absolute atomic E-state index is 0.381. The Labute approximate surface area is 198 Å². The van der Waals surface area contributed by atoms with Crippen LogP contribution in [0.3, 0.4) is 0 Å². The van der Waals surface area contributed by atoms with Crippen molar-refractivity contribution >= 4 is 11.7 Å². The SMILES string of the molecule is C[C@@H]([C@H](O)c1ccccc1)N(CCCC1=CCC(c2ccccc2)=CC1)C(=O)OC(C)(C)C. The number of carbonyl (C=O) groups excluding carboxylic acids is 1. The zero-order chi connectivity index (χ0) is 23.8. The Morgan fingerprint density at radius 2 is 1.64 bits per heavy atom. The minimum Gasteiger partial charge on any atom is -0.444 e. The standard InChI is InChI=1S/C29H37NO3/c1-22(27(31)26-15-9-6-10-16-26)30(28(32)33-29(2,3)4)21-11-12-23-17-19-25(20-18-23)24-13-7-5-8-14-24/h5-10,13-17,20,22,27,31H,11-12,18-19,21H2,1-4H3/t22-,27-/m0/s1. The predicted molar refractivity (Wildman–Crippen MR) is 135 cm³/mol. The summed E-state index contributed by atoms with van der Waals surface area (Å²) in [4.78, 5) is 14.7. The van der Waals surface area contributed by atoms with Crippen LogP contribution in [0.5, 0.6) is 0 Å². The highest BCUT2D eigenvalue weighted by atomic mass is 16.6. The number of amides is 1. The maximum Gasteiger partial charge on any atom is 0.410 e. The molecule has 1 amide bonds. The van der Waals surface area contributed by atoms with Crippen LogP contribution in [0, 0.1) is 0 Å². The molecule has 4 heteroatoms. The number of nitrogens with zero attached hydrogens (tertiary/aromatic N) is 1. The van der Waals surface area contributed by atoms with Crippen molar-refractivity contribution in [1.29, 1.82) is 0 Å². The van der Waals surface area contributed by atoms with Gasteiger partial charge in [0.25, 0.3) is 0 Å². The summed E-state index contributed by atoms with van der Waals surface area (Å²) in [6.45, 7) is 8.02. The van der Waals surface area contributed by atoms with Crippen LogP contribution >= 0.6 is 0 Å². The van der Waals surface area contributed by atoms with E-state index in [0.29, 0.717) is 6.54 Å². The lowest BCUT2D eigenvalue weighted by Gasteiger charge is -2.34. The Morgan fingerprint density at radius 1 is 1.00 bits per heavy atom. The van der Waals surface area contributed by atoms with E-state index in [1.165, 1.54) is 16.7 Å². The Kier molecular flexibility index (Phi) is 8.51. The molecule has 0 heterocycles. The summed E-state index contributed by atoms with van der Waals surface area (Å²) in [6.07, 6.45) is 7.12. The van der Waals surface area contributed by atoms with Crippen LogP contribution in [0.1, 0.15) is 70.6 Å².